The Kier molecular flexibility index (Phi) is 5.09. The van der Waals surface area contributed by atoms with Crippen molar-refractivity contribution in [1.29, 1.82) is 0 Å². The lowest BCUT2D eigenvalue weighted by atomic mass is 9.86. The van der Waals surface area contributed by atoms with Crippen molar-refractivity contribution < 1.29 is 0 Å². The normalized spacial score (nSPS) is 17.8. The van der Waals surface area contributed by atoms with Gasteiger partial charge in [-0.3, -0.25) is 0 Å². The van der Waals surface area contributed by atoms with Crippen molar-refractivity contribution in [3.63, 3.8) is 0 Å². The zero-order valence-corrected chi connectivity index (χ0v) is 13.6. The van der Waals surface area contributed by atoms with Gasteiger partial charge in [0.25, 0.3) is 0 Å². The van der Waals surface area contributed by atoms with Gasteiger partial charge in [0.05, 0.1) is 0 Å². The smallest absolute Gasteiger partial charge is 0.0368 e. The second-order valence-electron chi connectivity index (χ2n) is 6.67. The molecule has 1 aliphatic rings. The van der Waals surface area contributed by atoms with Crippen LogP contribution < -0.4 is 10.2 Å². The molecule has 2 nitrogen and oxygen atoms in total. The van der Waals surface area contributed by atoms with Gasteiger partial charge in [-0.05, 0) is 56.2 Å². The highest BCUT2D eigenvalue weighted by atomic mass is 15.1. The number of hydrogen-bond donors (Lipinski definition) is 1. The van der Waals surface area contributed by atoms with Crippen LogP contribution in [0.3, 0.4) is 0 Å². The topological polar surface area (TPSA) is 15.3 Å². The van der Waals surface area contributed by atoms with E-state index >= 15 is 0 Å². The van der Waals surface area contributed by atoms with E-state index in [0.717, 1.165) is 25.7 Å². The molecule has 1 saturated carbocycles. The first-order valence-electron chi connectivity index (χ1n) is 8.11. The van der Waals surface area contributed by atoms with E-state index in [1.165, 1.54) is 30.5 Å². The van der Waals surface area contributed by atoms with Gasteiger partial charge < -0.3 is 10.2 Å². The Morgan fingerprint density at radius 2 is 2.05 bits per heavy atom. The predicted octanol–water partition coefficient (Wildman–Crippen LogP) is 3.99. The Labute approximate surface area is 124 Å². The molecule has 0 amide bonds. The van der Waals surface area contributed by atoms with Gasteiger partial charge in [0.15, 0.2) is 0 Å². The first kappa shape index (κ1) is 15.4. The molecule has 2 rings (SSSR count). The molecular weight excluding hydrogens is 244 g/mol. The van der Waals surface area contributed by atoms with Gasteiger partial charge in [0.2, 0.25) is 0 Å². The van der Waals surface area contributed by atoms with E-state index in [1.54, 1.807) is 0 Å². The lowest BCUT2D eigenvalue weighted by molar-refractivity contribution is 0.295. The van der Waals surface area contributed by atoms with Crippen molar-refractivity contribution >= 4 is 5.69 Å². The number of benzene rings is 1. The molecule has 1 unspecified atom stereocenters. The van der Waals surface area contributed by atoms with Crippen molar-refractivity contribution in [3.05, 3.63) is 29.8 Å². The highest BCUT2D eigenvalue weighted by Crippen LogP contribution is 2.27. The molecule has 1 aromatic rings. The number of anilines is 1. The summed E-state index contributed by atoms with van der Waals surface area (Å²) in [6.07, 6.45) is 3.96. The zero-order valence-electron chi connectivity index (χ0n) is 13.6. The molecule has 0 aromatic heterocycles. The number of nitrogens with zero attached hydrogens (tertiary/aromatic N) is 1. The van der Waals surface area contributed by atoms with E-state index < -0.39 is 0 Å². The van der Waals surface area contributed by atoms with Crippen molar-refractivity contribution in [1.82, 2.24) is 5.32 Å². The minimum absolute atomic E-state index is 0.350. The molecule has 0 bridgehead atoms. The van der Waals surface area contributed by atoms with Crippen LogP contribution in [0, 0.1) is 12.3 Å². The lowest BCUT2D eigenvalue weighted by Crippen LogP contribution is -2.42. The third kappa shape index (κ3) is 4.24. The molecule has 0 heterocycles. The van der Waals surface area contributed by atoms with E-state index in [1.807, 2.05) is 0 Å². The minimum Gasteiger partial charge on any atom is -0.371 e. The second-order valence-corrected chi connectivity index (χ2v) is 6.67. The summed E-state index contributed by atoms with van der Waals surface area (Å²) >= 11 is 0. The maximum absolute atomic E-state index is 3.71. The fraction of sp³-hybridized carbons (Fsp3) is 0.667. The Hall–Kier alpha value is -1.02. The number of nitrogens with one attached hydrogen (secondary N) is 1. The molecule has 1 aliphatic carbocycles. The Balaban J connectivity index is 2.02. The van der Waals surface area contributed by atoms with Gasteiger partial charge in [0.1, 0.15) is 0 Å². The first-order valence-corrected chi connectivity index (χ1v) is 8.11. The van der Waals surface area contributed by atoms with E-state index in [2.05, 4.69) is 62.2 Å². The Morgan fingerprint density at radius 3 is 2.60 bits per heavy atom. The summed E-state index contributed by atoms with van der Waals surface area (Å²) in [5.41, 5.74) is 3.05. The summed E-state index contributed by atoms with van der Waals surface area (Å²) in [5.74, 6) is 0. The monoisotopic (exact) mass is 274 g/mol. The molecule has 2 heteroatoms. The molecule has 1 atom stereocenters. The second kappa shape index (κ2) is 6.62. The van der Waals surface area contributed by atoms with E-state index in [0.29, 0.717) is 5.41 Å². The molecule has 20 heavy (non-hydrogen) atoms. The van der Waals surface area contributed by atoms with Gasteiger partial charge in [0, 0.05) is 31.4 Å². The van der Waals surface area contributed by atoms with Crippen molar-refractivity contribution in [3.8, 4) is 0 Å². The Bertz CT molecular complexity index is 425. The van der Waals surface area contributed by atoms with Crippen LogP contribution in [-0.4, -0.2) is 25.7 Å². The summed E-state index contributed by atoms with van der Waals surface area (Å²) in [6.45, 7) is 12.5. The molecule has 1 N–H and O–H groups in total. The Morgan fingerprint density at radius 1 is 1.30 bits per heavy atom. The average molecular weight is 274 g/mol. The fourth-order valence-electron chi connectivity index (χ4n) is 2.64. The van der Waals surface area contributed by atoms with Gasteiger partial charge in [-0.15, -0.1) is 0 Å². The maximum Gasteiger partial charge on any atom is 0.0368 e. The maximum atomic E-state index is 3.71. The molecule has 0 spiro atoms. The molecular formula is C18H30N2. The summed E-state index contributed by atoms with van der Waals surface area (Å²) in [7, 11) is 0. The van der Waals surface area contributed by atoms with E-state index in [9.17, 15) is 0 Å². The quantitative estimate of drug-likeness (QED) is 0.771. The zero-order chi connectivity index (χ0) is 14.6. The van der Waals surface area contributed by atoms with Crippen LogP contribution >= 0.6 is 0 Å². The fourth-order valence-corrected chi connectivity index (χ4v) is 2.64. The molecule has 1 aromatic carbocycles. The van der Waals surface area contributed by atoms with Crippen LogP contribution in [0.1, 0.15) is 45.6 Å². The van der Waals surface area contributed by atoms with Crippen LogP contribution in [0.15, 0.2) is 24.3 Å². The number of hydrogen-bond acceptors (Lipinski definition) is 2. The summed E-state index contributed by atoms with van der Waals surface area (Å²) < 4.78 is 0. The van der Waals surface area contributed by atoms with E-state index in [-0.39, 0.29) is 0 Å². The molecule has 112 valence electrons. The van der Waals surface area contributed by atoms with Crippen LogP contribution in [-0.2, 0) is 0 Å². The first-order chi connectivity index (χ1) is 9.56. The van der Waals surface area contributed by atoms with Crippen molar-refractivity contribution in [2.24, 2.45) is 5.41 Å². The minimum atomic E-state index is 0.350. The van der Waals surface area contributed by atoms with Crippen LogP contribution in [0.4, 0.5) is 5.69 Å². The van der Waals surface area contributed by atoms with Crippen molar-refractivity contribution in [2.75, 3.05) is 24.5 Å². The van der Waals surface area contributed by atoms with Crippen LogP contribution in [0.5, 0.6) is 0 Å². The number of rotatable bonds is 8. The van der Waals surface area contributed by atoms with E-state index in [4.69, 9.17) is 0 Å². The third-order valence-electron chi connectivity index (χ3n) is 4.57. The van der Waals surface area contributed by atoms with Gasteiger partial charge in [-0.25, -0.2) is 0 Å². The van der Waals surface area contributed by atoms with Crippen LogP contribution in [0.25, 0.3) is 0 Å². The third-order valence-corrected chi connectivity index (χ3v) is 4.57. The SMILES string of the molecule is CCN(CC(C)(CC)CNC1CC1)c1cccc(C)c1. The molecule has 1 fully saturated rings. The lowest BCUT2D eigenvalue weighted by Gasteiger charge is -2.36. The summed E-state index contributed by atoms with van der Waals surface area (Å²) in [4.78, 5) is 2.52. The van der Waals surface area contributed by atoms with Gasteiger partial charge in [-0.1, -0.05) is 26.0 Å². The summed E-state index contributed by atoms with van der Waals surface area (Å²) in [6, 6.07) is 9.67. The largest absolute Gasteiger partial charge is 0.371 e. The molecule has 0 radical (unpaired) electrons. The summed E-state index contributed by atoms with van der Waals surface area (Å²) in [5, 5.41) is 3.71. The predicted molar refractivity (Wildman–Crippen MR) is 88.5 cm³/mol. The molecule has 0 saturated heterocycles. The van der Waals surface area contributed by atoms with Gasteiger partial charge >= 0.3 is 0 Å². The van der Waals surface area contributed by atoms with Gasteiger partial charge in [-0.2, -0.15) is 0 Å². The van der Waals surface area contributed by atoms with Crippen LogP contribution in [0.2, 0.25) is 0 Å². The highest BCUT2D eigenvalue weighted by Gasteiger charge is 2.29. The molecule has 0 aliphatic heterocycles. The highest BCUT2D eigenvalue weighted by molar-refractivity contribution is 5.48. The average Bonchev–Trinajstić information content (AvgIpc) is 3.27. The van der Waals surface area contributed by atoms with Crippen molar-refractivity contribution in [2.45, 2.75) is 53.0 Å². The number of aryl methyl sites for hydroxylation is 1. The standard InChI is InChI=1S/C18H30N2/c1-5-18(4,13-19-16-10-11-16)14-20(6-2)17-9-7-8-15(3)12-17/h7-9,12,16,19H,5-6,10-11,13-14H2,1-4H3.